The molecule has 9 rings (SSSR count). The molecule has 26 heteroatoms. The van der Waals surface area contributed by atoms with Crippen LogP contribution < -0.4 is 31.5 Å². The summed E-state index contributed by atoms with van der Waals surface area (Å²) in [4.78, 5) is 39.4. The molecule has 0 aliphatic carbocycles. The highest BCUT2D eigenvalue weighted by Crippen LogP contribution is 2.39. The Morgan fingerprint density at radius 1 is 0.565 bits per heavy atom. The van der Waals surface area contributed by atoms with Gasteiger partial charge in [0, 0.05) is 102 Å². The molecule has 456 valence electrons. The second-order valence-electron chi connectivity index (χ2n) is 22.2. The van der Waals surface area contributed by atoms with Gasteiger partial charge in [-0.05, 0) is 128 Å². The number of alkyl halides is 9. The van der Waals surface area contributed by atoms with Crippen LogP contribution in [-0.4, -0.2) is 114 Å². The summed E-state index contributed by atoms with van der Waals surface area (Å²) in [6.07, 6.45) is -9.96. The fourth-order valence-corrected chi connectivity index (χ4v) is 10.2. The molecule has 0 bridgehead atoms. The zero-order chi connectivity index (χ0) is 62.0. The van der Waals surface area contributed by atoms with Crippen molar-refractivity contribution in [2.75, 3.05) is 49.1 Å². The number of aromatic nitrogens is 3. The van der Waals surface area contributed by atoms with E-state index in [-0.39, 0.29) is 52.9 Å². The van der Waals surface area contributed by atoms with Crippen molar-refractivity contribution in [3.63, 3.8) is 0 Å². The topological polar surface area (TPSA) is 231 Å². The van der Waals surface area contributed by atoms with Crippen molar-refractivity contribution in [1.82, 2.24) is 30.9 Å². The van der Waals surface area contributed by atoms with Crippen LogP contribution in [0.4, 0.5) is 60.5 Å². The maximum Gasteiger partial charge on any atom is 0.407 e. The minimum atomic E-state index is -4.41. The van der Waals surface area contributed by atoms with E-state index in [1.54, 1.807) is 118 Å². The third-order valence-electron chi connectivity index (χ3n) is 13.4. The number of piperidine rings is 3. The maximum atomic E-state index is 13.6. The Hall–Kier alpha value is -7.73. The molecule has 0 saturated carbocycles. The number of nitrogens with two attached hydrogens (primary N) is 1. The lowest BCUT2D eigenvalue weighted by atomic mass is 9.92. The number of nitriles is 3. The van der Waals surface area contributed by atoms with Crippen LogP contribution in [0.3, 0.4) is 0 Å². The number of amides is 2. The van der Waals surface area contributed by atoms with Crippen molar-refractivity contribution < 1.29 is 58.6 Å². The van der Waals surface area contributed by atoms with Crippen molar-refractivity contribution in [3.8, 4) is 18.2 Å². The van der Waals surface area contributed by atoms with Gasteiger partial charge in [-0.25, -0.2) is 9.59 Å². The van der Waals surface area contributed by atoms with Gasteiger partial charge in [0.2, 0.25) is 0 Å². The zero-order valence-electron chi connectivity index (χ0n) is 46.6. The summed E-state index contributed by atoms with van der Waals surface area (Å²) in [5, 5.41) is 37.2. The Morgan fingerprint density at radius 3 is 1.39 bits per heavy atom. The first-order chi connectivity index (χ1) is 39.3. The Kier molecular flexibility index (Phi) is 22.8. The number of carbonyl (C=O) groups is 2. The second kappa shape index (κ2) is 28.4. The van der Waals surface area contributed by atoms with Gasteiger partial charge in [-0.1, -0.05) is 29.4 Å². The molecule has 85 heavy (non-hydrogen) atoms. The van der Waals surface area contributed by atoms with Crippen molar-refractivity contribution in [1.29, 1.82) is 15.8 Å². The third kappa shape index (κ3) is 19.1. The third-order valence-corrected chi connectivity index (χ3v) is 14.1. The summed E-state index contributed by atoms with van der Waals surface area (Å²) >= 11 is 3.41. The molecule has 3 fully saturated rings. The van der Waals surface area contributed by atoms with Gasteiger partial charge in [-0.2, -0.15) is 55.3 Å². The van der Waals surface area contributed by atoms with Crippen molar-refractivity contribution >= 4 is 72.2 Å². The van der Waals surface area contributed by atoms with Crippen molar-refractivity contribution in [2.24, 2.45) is 23.5 Å². The average Bonchev–Trinajstić information content (AvgIpc) is 1.64. The van der Waals surface area contributed by atoms with Gasteiger partial charge in [0.05, 0.1) is 57.0 Å². The number of pyridine rings is 3. The summed E-state index contributed by atoms with van der Waals surface area (Å²) in [5.41, 5.74) is 8.65. The first kappa shape index (κ1) is 68.1. The van der Waals surface area contributed by atoms with Crippen molar-refractivity contribution in [3.05, 3.63) is 113 Å². The van der Waals surface area contributed by atoms with Crippen LogP contribution in [0.2, 0.25) is 0 Å². The number of hydrogen-bond donors (Lipinski definition) is 4. The van der Waals surface area contributed by atoms with E-state index in [0.717, 1.165) is 15.4 Å². The van der Waals surface area contributed by atoms with Gasteiger partial charge in [0.1, 0.15) is 29.4 Å². The van der Waals surface area contributed by atoms with Crippen molar-refractivity contribution in [2.45, 2.75) is 116 Å². The lowest BCUT2D eigenvalue weighted by Crippen LogP contribution is -2.54. The van der Waals surface area contributed by atoms with E-state index in [0.29, 0.717) is 63.0 Å². The fraction of sp³-hybridized carbons (Fsp3) is 0.458. The summed E-state index contributed by atoms with van der Waals surface area (Å²) in [7, 11) is 0. The molecule has 3 aromatic heterocycles. The van der Waals surface area contributed by atoms with Crippen LogP contribution in [0.5, 0.6) is 0 Å². The monoisotopic (exact) mass is 1260 g/mol. The van der Waals surface area contributed by atoms with Crippen LogP contribution in [0.1, 0.15) is 84.9 Å². The molecule has 3 aromatic carbocycles. The number of alkyl carbamates (subject to hydrolysis) is 2. The van der Waals surface area contributed by atoms with Gasteiger partial charge in [-0.15, -0.1) is 0 Å². The van der Waals surface area contributed by atoms with E-state index in [4.69, 9.17) is 25.7 Å². The molecule has 5 N–H and O–H groups in total. The molecule has 0 spiro atoms. The van der Waals surface area contributed by atoms with Crippen LogP contribution in [-0.2, 0) is 9.47 Å². The number of anilines is 2. The van der Waals surface area contributed by atoms with E-state index >= 15 is 0 Å². The summed E-state index contributed by atoms with van der Waals surface area (Å²) in [6, 6.07) is 25.1. The second-order valence-corrected chi connectivity index (χ2v) is 23.1. The Labute approximate surface area is 495 Å². The molecule has 6 aromatic rings. The number of nitrogens with zero attached hydrogens (tertiary/aromatic N) is 8. The van der Waals surface area contributed by atoms with Crippen LogP contribution in [0.25, 0.3) is 32.7 Å². The number of fused-ring (bicyclic) bond motifs is 3. The smallest absolute Gasteiger partial charge is 0.407 e. The molecule has 6 heterocycles. The molecular weight excluding hydrogens is 1190 g/mol. The summed E-state index contributed by atoms with van der Waals surface area (Å²) in [6.45, 7) is 10.5. The standard InChI is InChI=1S/C21H23F3N4O2.C16H15F3N4.C11H19F3N2O2.C10H5BrN2.CH4/c1-20(2,3)30-19(29)27-15-9-14(21(22,23)24)11-28(12-15)17-7-6-13(10-25)18-16(17)5-4-8-26-18;17-16(18,19)11-6-12(21)9-23(8-11)14-4-3-10(7-20)15-13(14)2-1-5-22-15;1-10(2,3)18-9(17)16-8-4-7(5-15-6-8)11(12,13)14;11-9-4-3-7(6-12)10-8(9)2-1-5-13-10;/h4-8,14-15H,9,11-12H2,1-3H3,(H,27,29);1-5,11-12H,6,8-9,21H2;7-8,15H,4-6H2,1-3H3,(H,16,17);1-5H;1H4. The fourth-order valence-electron chi connectivity index (χ4n) is 9.73. The number of carbonyl (C=O) groups excluding carboxylic acids is 2. The van der Waals surface area contributed by atoms with E-state index in [9.17, 15) is 54.4 Å². The molecule has 3 aliphatic rings. The van der Waals surface area contributed by atoms with Crippen LogP contribution in [0.15, 0.2) is 95.9 Å². The molecular formula is C59H66BrF9N12O4. The average molecular weight is 1260 g/mol. The zero-order valence-corrected chi connectivity index (χ0v) is 48.1. The first-order valence-corrected chi connectivity index (χ1v) is 27.2. The Bertz CT molecular complexity index is 3410. The maximum absolute atomic E-state index is 13.6. The minimum absolute atomic E-state index is 0. The van der Waals surface area contributed by atoms with E-state index in [1.165, 1.54) is 6.20 Å². The lowest BCUT2D eigenvalue weighted by molar-refractivity contribution is -0.180. The minimum Gasteiger partial charge on any atom is -0.444 e. The van der Waals surface area contributed by atoms with Crippen LogP contribution >= 0.6 is 15.9 Å². The van der Waals surface area contributed by atoms with Gasteiger partial charge in [0.15, 0.2) is 0 Å². The number of ether oxygens (including phenoxy) is 2. The van der Waals surface area contributed by atoms with Gasteiger partial charge >= 0.3 is 30.7 Å². The molecule has 6 unspecified atom stereocenters. The highest BCUT2D eigenvalue weighted by Gasteiger charge is 2.47. The predicted molar refractivity (Wildman–Crippen MR) is 308 cm³/mol. The lowest BCUT2D eigenvalue weighted by Gasteiger charge is -2.40. The SMILES string of the molecule is C.CC(C)(C)OC(=O)NC1CC(C(F)(F)F)CN(c2ccc(C#N)c3ncccc23)C1.CC(C)(C)OC(=O)NC1CNCC(C(F)(F)F)C1.N#Cc1ccc(Br)c2cccnc12.N#Cc1ccc(N2CC(N)CC(C(F)(F)F)C2)c2cccnc12. The Balaban J connectivity index is 0.000000215. The quantitative estimate of drug-likeness (QED) is 0.120. The van der Waals surface area contributed by atoms with E-state index < -0.39 is 77.8 Å². The highest BCUT2D eigenvalue weighted by atomic mass is 79.9. The molecule has 16 nitrogen and oxygen atoms in total. The molecule has 3 aliphatic heterocycles. The van der Waals surface area contributed by atoms with Gasteiger partial charge < -0.3 is 41.0 Å². The van der Waals surface area contributed by atoms with E-state index in [2.05, 4.69) is 65.0 Å². The predicted octanol–water partition coefficient (Wildman–Crippen LogP) is 12.8. The number of benzene rings is 3. The molecule has 2 amide bonds. The first-order valence-electron chi connectivity index (χ1n) is 26.4. The van der Waals surface area contributed by atoms with Crippen LogP contribution in [0, 0.1) is 51.7 Å². The molecule has 6 atom stereocenters. The summed E-state index contributed by atoms with van der Waals surface area (Å²) in [5.74, 6) is -4.49. The molecule has 0 radical (unpaired) electrons. The number of hydrogen-bond acceptors (Lipinski definition) is 14. The largest absolute Gasteiger partial charge is 0.444 e. The number of nitrogens with one attached hydrogen (secondary N) is 3. The number of halogens is 10. The van der Waals surface area contributed by atoms with Gasteiger partial charge in [-0.3, -0.25) is 15.0 Å². The molecule has 3 saturated heterocycles. The van der Waals surface area contributed by atoms with Gasteiger partial charge in [0.25, 0.3) is 0 Å². The summed E-state index contributed by atoms with van der Waals surface area (Å²) < 4.78 is 129. The highest BCUT2D eigenvalue weighted by molar-refractivity contribution is 9.10. The number of rotatable bonds is 4. The Morgan fingerprint density at radius 2 is 0.953 bits per heavy atom. The van der Waals surface area contributed by atoms with E-state index in [1.807, 2.05) is 18.2 Å². The normalized spacial score (nSPS) is 20.0.